The van der Waals surface area contributed by atoms with Crippen LogP contribution in [0.25, 0.3) is 21.7 Å². The molecule has 116 valence electrons. The number of nitrogens with one attached hydrogen (secondary N) is 1. The van der Waals surface area contributed by atoms with Gasteiger partial charge >= 0.3 is 0 Å². The molecular weight excluding hydrogens is 304 g/mol. The zero-order chi connectivity index (χ0) is 15.6. The number of fused-ring (bicyclic) bond motifs is 3. The third-order valence-electron chi connectivity index (χ3n) is 4.39. The van der Waals surface area contributed by atoms with E-state index in [9.17, 15) is 0 Å². The van der Waals surface area contributed by atoms with Crippen molar-refractivity contribution in [1.29, 1.82) is 0 Å². The summed E-state index contributed by atoms with van der Waals surface area (Å²) in [6.45, 7) is 2.08. The molecule has 0 spiro atoms. The van der Waals surface area contributed by atoms with Crippen LogP contribution in [0.1, 0.15) is 19.3 Å². The van der Waals surface area contributed by atoms with Gasteiger partial charge in [0.05, 0.1) is 11.2 Å². The van der Waals surface area contributed by atoms with E-state index in [0.29, 0.717) is 0 Å². The van der Waals surface area contributed by atoms with Gasteiger partial charge in [-0.05, 0) is 61.1 Å². The highest BCUT2D eigenvalue weighted by atomic mass is 32.1. The Morgan fingerprint density at radius 1 is 1.09 bits per heavy atom. The third kappa shape index (κ3) is 2.72. The van der Waals surface area contributed by atoms with Gasteiger partial charge < -0.3 is 10.2 Å². The number of hydrogen-bond acceptors (Lipinski definition) is 3. The summed E-state index contributed by atoms with van der Waals surface area (Å²) in [4.78, 5) is 11.0. The van der Waals surface area contributed by atoms with Crippen LogP contribution in [0.5, 0.6) is 0 Å². The second-order valence-corrected chi connectivity index (χ2v) is 6.29. The van der Waals surface area contributed by atoms with Gasteiger partial charge in [-0.15, -0.1) is 0 Å². The summed E-state index contributed by atoms with van der Waals surface area (Å²) in [6.07, 6.45) is 9.23. The van der Waals surface area contributed by atoms with Crippen LogP contribution < -0.4 is 5.32 Å². The molecule has 0 radical (unpaired) electrons. The minimum absolute atomic E-state index is 0.809. The fourth-order valence-electron chi connectivity index (χ4n) is 3.19. The van der Waals surface area contributed by atoms with Crippen molar-refractivity contribution in [2.45, 2.75) is 19.3 Å². The molecule has 5 heteroatoms. The number of piperidine rings is 1. The highest BCUT2D eigenvalue weighted by molar-refractivity contribution is 7.80. The number of rotatable bonds is 1. The van der Waals surface area contributed by atoms with Gasteiger partial charge in [-0.2, -0.15) is 0 Å². The summed E-state index contributed by atoms with van der Waals surface area (Å²) in [5.41, 5.74) is 1.98. The van der Waals surface area contributed by atoms with Crippen LogP contribution in [-0.4, -0.2) is 33.1 Å². The minimum atomic E-state index is 0.809. The van der Waals surface area contributed by atoms with Gasteiger partial charge in [-0.25, -0.2) is 0 Å². The maximum Gasteiger partial charge on any atom is 0.173 e. The highest BCUT2D eigenvalue weighted by Gasteiger charge is 2.15. The number of nitrogens with zero attached hydrogens (tertiary/aromatic N) is 3. The Bertz CT molecular complexity index is 871. The van der Waals surface area contributed by atoms with Gasteiger partial charge in [-0.3, -0.25) is 9.97 Å². The number of benzene rings is 1. The van der Waals surface area contributed by atoms with Crippen molar-refractivity contribution in [2.24, 2.45) is 0 Å². The lowest BCUT2D eigenvalue weighted by atomic mass is 10.1. The molecule has 1 saturated heterocycles. The molecule has 4 nitrogen and oxygen atoms in total. The minimum Gasteiger partial charge on any atom is -0.349 e. The third-order valence-corrected chi connectivity index (χ3v) is 4.75. The number of pyridine rings is 2. The normalized spacial score (nSPS) is 15.0. The van der Waals surface area contributed by atoms with Crippen LogP contribution in [0.2, 0.25) is 0 Å². The predicted octanol–water partition coefficient (Wildman–Crippen LogP) is 3.97. The second-order valence-electron chi connectivity index (χ2n) is 5.90. The summed E-state index contributed by atoms with van der Waals surface area (Å²) in [7, 11) is 0. The zero-order valence-electron chi connectivity index (χ0n) is 12.8. The number of aromatic nitrogens is 2. The Hall–Kier alpha value is -2.27. The lowest BCUT2D eigenvalue weighted by Crippen LogP contribution is -2.38. The topological polar surface area (TPSA) is 41.1 Å². The molecule has 4 rings (SSSR count). The predicted molar refractivity (Wildman–Crippen MR) is 98.7 cm³/mol. The molecule has 1 aliphatic heterocycles. The average Bonchev–Trinajstić information content (AvgIpc) is 2.62. The quantitative estimate of drug-likeness (QED) is 0.542. The molecule has 0 atom stereocenters. The number of anilines is 1. The molecule has 0 aliphatic carbocycles. The van der Waals surface area contributed by atoms with Crippen LogP contribution in [0, 0.1) is 0 Å². The first-order valence-electron chi connectivity index (χ1n) is 8.00. The Kier molecular flexibility index (Phi) is 3.79. The molecule has 0 unspecified atom stereocenters. The van der Waals surface area contributed by atoms with Crippen LogP contribution in [0.3, 0.4) is 0 Å². The van der Waals surface area contributed by atoms with Crippen molar-refractivity contribution in [2.75, 3.05) is 18.4 Å². The molecule has 0 amide bonds. The van der Waals surface area contributed by atoms with Crippen molar-refractivity contribution in [3.8, 4) is 0 Å². The van der Waals surface area contributed by atoms with E-state index in [1.165, 1.54) is 19.3 Å². The van der Waals surface area contributed by atoms with E-state index in [2.05, 4.69) is 32.3 Å². The van der Waals surface area contributed by atoms with Crippen molar-refractivity contribution >= 4 is 44.7 Å². The Morgan fingerprint density at radius 2 is 1.96 bits per heavy atom. The maximum atomic E-state index is 5.62. The molecule has 1 fully saturated rings. The molecule has 2 aromatic heterocycles. The van der Waals surface area contributed by atoms with Gasteiger partial charge in [0, 0.05) is 42.5 Å². The van der Waals surface area contributed by atoms with Crippen LogP contribution >= 0.6 is 12.2 Å². The smallest absolute Gasteiger partial charge is 0.173 e. The van der Waals surface area contributed by atoms with E-state index in [0.717, 1.165) is 45.6 Å². The van der Waals surface area contributed by atoms with Gasteiger partial charge in [-0.1, -0.05) is 0 Å². The second kappa shape index (κ2) is 6.08. The average molecular weight is 322 g/mol. The molecular formula is C18H18N4S. The molecule has 23 heavy (non-hydrogen) atoms. The largest absolute Gasteiger partial charge is 0.349 e. The van der Waals surface area contributed by atoms with Crippen molar-refractivity contribution in [3.63, 3.8) is 0 Å². The Morgan fingerprint density at radius 3 is 2.83 bits per heavy atom. The molecule has 3 aromatic rings. The van der Waals surface area contributed by atoms with Crippen molar-refractivity contribution < 1.29 is 0 Å². The first kappa shape index (κ1) is 14.3. The summed E-state index contributed by atoms with van der Waals surface area (Å²) >= 11 is 5.62. The summed E-state index contributed by atoms with van der Waals surface area (Å²) in [5, 5.41) is 7.52. The molecule has 1 N–H and O–H groups in total. The highest BCUT2D eigenvalue weighted by Crippen LogP contribution is 2.30. The van der Waals surface area contributed by atoms with E-state index in [4.69, 9.17) is 12.2 Å². The van der Waals surface area contributed by atoms with Crippen LogP contribution in [0.4, 0.5) is 5.69 Å². The maximum absolute atomic E-state index is 5.62. The van der Waals surface area contributed by atoms with Crippen LogP contribution in [-0.2, 0) is 0 Å². The Labute approximate surface area is 140 Å². The van der Waals surface area contributed by atoms with E-state index in [-0.39, 0.29) is 0 Å². The van der Waals surface area contributed by atoms with E-state index < -0.39 is 0 Å². The number of thiocarbonyl (C=S) groups is 1. The monoisotopic (exact) mass is 322 g/mol. The van der Waals surface area contributed by atoms with Gasteiger partial charge in [0.15, 0.2) is 5.11 Å². The standard InChI is InChI=1S/C18H18N4S/c23-18(22-9-2-1-3-10-22)21-16-11-13-6-8-19-12-15(13)17-14(16)5-4-7-20-17/h4-8,11-12H,1-3,9-10H2,(H,21,23). The summed E-state index contributed by atoms with van der Waals surface area (Å²) in [6, 6.07) is 8.19. The van der Waals surface area contributed by atoms with E-state index in [1.807, 2.05) is 30.7 Å². The number of likely N-dealkylation sites (tertiary alicyclic amines) is 1. The summed E-state index contributed by atoms with van der Waals surface area (Å²) < 4.78 is 0. The fourth-order valence-corrected chi connectivity index (χ4v) is 3.49. The van der Waals surface area contributed by atoms with Crippen molar-refractivity contribution in [3.05, 3.63) is 42.9 Å². The lowest BCUT2D eigenvalue weighted by molar-refractivity contribution is 0.346. The van der Waals surface area contributed by atoms with Gasteiger partial charge in [0.2, 0.25) is 0 Å². The van der Waals surface area contributed by atoms with Crippen molar-refractivity contribution in [1.82, 2.24) is 14.9 Å². The molecule has 1 aliphatic rings. The molecule has 0 bridgehead atoms. The fraction of sp³-hybridized carbons (Fsp3) is 0.278. The molecule has 0 saturated carbocycles. The first-order valence-corrected chi connectivity index (χ1v) is 8.41. The van der Waals surface area contributed by atoms with Gasteiger partial charge in [0.1, 0.15) is 0 Å². The molecule has 3 heterocycles. The van der Waals surface area contributed by atoms with E-state index in [1.54, 1.807) is 0 Å². The zero-order valence-corrected chi connectivity index (χ0v) is 13.6. The molecule has 1 aromatic carbocycles. The first-order chi connectivity index (χ1) is 11.3. The SMILES string of the molecule is S=C(Nc1cc2ccncc2c2ncccc12)N1CCCCC1. The van der Waals surface area contributed by atoms with Gasteiger partial charge in [0.25, 0.3) is 0 Å². The van der Waals surface area contributed by atoms with E-state index >= 15 is 0 Å². The number of hydrogen-bond donors (Lipinski definition) is 1. The Balaban J connectivity index is 1.77. The summed E-state index contributed by atoms with van der Waals surface area (Å²) in [5.74, 6) is 0. The van der Waals surface area contributed by atoms with Crippen LogP contribution in [0.15, 0.2) is 42.9 Å². The lowest BCUT2D eigenvalue weighted by Gasteiger charge is -2.29.